The summed E-state index contributed by atoms with van der Waals surface area (Å²) >= 11 is 0. The third-order valence-electron chi connectivity index (χ3n) is 4.20. The quantitative estimate of drug-likeness (QED) is 0.560. The summed E-state index contributed by atoms with van der Waals surface area (Å²) in [5, 5.41) is 8.80. The van der Waals surface area contributed by atoms with Gasteiger partial charge in [-0.2, -0.15) is 0 Å². The summed E-state index contributed by atoms with van der Waals surface area (Å²) in [6, 6.07) is 9.90. The Bertz CT molecular complexity index is 1160. The van der Waals surface area contributed by atoms with Crippen molar-refractivity contribution in [2.75, 3.05) is 11.8 Å². The van der Waals surface area contributed by atoms with Gasteiger partial charge in [0.15, 0.2) is 0 Å². The number of aromatic nitrogens is 3. The molecule has 9 nitrogen and oxygen atoms in total. The van der Waals surface area contributed by atoms with E-state index in [1.165, 1.54) is 31.6 Å². The number of ether oxygens (including phenoxy) is 1. The lowest BCUT2D eigenvalue weighted by atomic mass is 10.1. The number of rotatable bonds is 8. The first-order chi connectivity index (χ1) is 14.3. The third-order valence-corrected chi connectivity index (χ3v) is 5.57. The molecule has 3 rings (SSSR count). The average molecular weight is 428 g/mol. The number of carbonyl (C=O) groups is 1. The van der Waals surface area contributed by atoms with Crippen molar-refractivity contribution in [2.24, 2.45) is 0 Å². The number of carboxylic acid groups (broad SMARTS) is 1. The van der Waals surface area contributed by atoms with E-state index in [9.17, 15) is 13.2 Å². The first kappa shape index (κ1) is 21.2. The molecule has 0 aliphatic rings. The molecule has 0 atom stereocenters. The van der Waals surface area contributed by atoms with Crippen LogP contribution in [0.5, 0.6) is 5.88 Å². The minimum Gasteiger partial charge on any atom is -0.481 e. The van der Waals surface area contributed by atoms with Crippen molar-refractivity contribution < 1.29 is 23.1 Å². The number of aliphatic carboxylic acids is 1. The van der Waals surface area contributed by atoms with Gasteiger partial charge in [0.05, 0.1) is 24.7 Å². The van der Waals surface area contributed by atoms with Crippen molar-refractivity contribution in [1.82, 2.24) is 15.0 Å². The number of nitrogens with zero attached hydrogens (tertiary/aromatic N) is 3. The van der Waals surface area contributed by atoms with E-state index in [0.717, 1.165) is 5.56 Å². The number of hydrogen-bond acceptors (Lipinski definition) is 7. The minimum atomic E-state index is -4.04. The zero-order chi connectivity index (χ0) is 21.7. The van der Waals surface area contributed by atoms with Gasteiger partial charge in [-0.25, -0.2) is 18.4 Å². The van der Waals surface area contributed by atoms with Crippen LogP contribution < -0.4 is 9.46 Å². The molecule has 0 saturated carbocycles. The van der Waals surface area contributed by atoms with Crippen LogP contribution in [-0.2, 0) is 21.2 Å². The number of benzene rings is 1. The molecule has 3 aromatic rings. The summed E-state index contributed by atoms with van der Waals surface area (Å²) in [6.07, 6.45) is 3.33. The minimum absolute atomic E-state index is 0.0197. The van der Waals surface area contributed by atoms with Crippen molar-refractivity contribution in [3.05, 3.63) is 60.0 Å². The van der Waals surface area contributed by atoms with Crippen LogP contribution in [0.3, 0.4) is 0 Å². The van der Waals surface area contributed by atoms with E-state index in [1.807, 2.05) is 0 Å². The molecule has 0 radical (unpaired) electrons. The Morgan fingerprint density at radius 1 is 1.17 bits per heavy atom. The predicted octanol–water partition coefficient (Wildman–Crippen LogP) is 2.67. The molecule has 10 heteroatoms. The van der Waals surface area contributed by atoms with Gasteiger partial charge in [0.2, 0.25) is 5.82 Å². The average Bonchev–Trinajstić information content (AvgIpc) is 2.73. The van der Waals surface area contributed by atoms with E-state index in [-0.39, 0.29) is 28.7 Å². The predicted molar refractivity (Wildman–Crippen MR) is 110 cm³/mol. The van der Waals surface area contributed by atoms with Gasteiger partial charge >= 0.3 is 5.97 Å². The zero-order valence-electron chi connectivity index (χ0n) is 16.4. The van der Waals surface area contributed by atoms with Crippen LogP contribution in [0.25, 0.3) is 11.3 Å². The molecule has 0 aliphatic carbocycles. The molecule has 0 aliphatic heterocycles. The molecule has 1 aromatic carbocycles. The van der Waals surface area contributed by atoms with Gasteiger partial charge in [-0.15, -0.1) is 0 Å². The van der Waals surface area contributed by atoms with Gasteiger partial charge in [-0.05, 0) is 31.0 Å². The number of pyridine rings is 1. The Balaban J connectivity index is 1.93. The van der Waals surface area contributed by atoms with Crippen molar-refractivity contribution in [3.63, 3.8) is 0 Å². The Kier molecular flexibility index (Phi) is 6.26. The molecular weight excluding hydrogens is 408 g/mol. The van der Waals surface area contributed by atoms with Gasteiger partial charge in [-0.1, -0.05) is 24.3 Å². The summed E-state index contributed by atoms with van der Waals surface area (Å²) in [4.78, 5) is 23.1. The first-order valence-electron chi connectivity index (χ1n) is 8.97. The fourth-order valence-corrected chi connectivity index (χ4v) is 3.94. The highest BCUT2D eigenvalue weighted by molar-refractivity contribution is 7.92. The molecule has 0 bridgehead atoms. The molecule has 30 heavy (non-hydrogen) atoms. The third kappa shape index (κ3) is 4.90. The number of anilines is 1. The van der Waals surface area contributed by atoms with E-state index in [1.54, 1.807) is 31.2 Å². The number of nitrogens with one attached hydrogen (secondary N) is 1. The summed E-state index contributed by atoms with van der Waals surface area (Å²) < 4.78 is 33.6. The number of sulfonamides is 1. The summed E-state index contributed by atoms with van der Waals surface area (Å²) in [5.41, 5.74) is 2.25. The molecular formula is C20H20N4O5S. The monoisotopic (exact) mass is 428 g/mol. The Hall–Kier alpha value is -3.53. The fraction of sp³-hybridized carbons (Fsp3) is 0.200. The van der Waals surface area contributed by atoms with Crippen LogP contribution >= 0.6 is 0 Å². The lowest BCUT2D eigenvalue weighted by molar-refractivity contribution is -0.136. The molecule has 2 aromatic heterocycles. The van der Waals surface area contributed by atoms with Crippen molar-refractivity contribution in [3.8, 4) is 17.1 Å². The highest BCUT2D eigenvalue weighted by Crippen LogP contribution is 2.28. The molecule has 0 unspecified atom stereocenters. The molecule has 0 amide bonds. The standard InChI is InChI=1S/C20H20N4O5S/c1-13-12-22-19(20(23-13)29-2)24-30(27,28)16-4-3-11-21-18(16)15-8-5-14(6-9-15)7-10-17(25)26/h3-6,8-9,11-12H,7,10H2,1-2H3,(H,22,24)(H,25,26). The lowest BCUT2D eigenvalue weighted by Crippen LogP contribution is -2.16. The van der Waals surface area contributed by atoms with Crippen LogP contribution in [0.15, 0.2) is 53.7 Å². The van der Waals surface area contributed by atoms with Gasteiger partial charge in [0.1, 0.15) is 4.90 Å². The first-order valence-corrected chi connectivity index (χ1v) is 10.4. The van der Waals surface area contributed by atoms with Gasteiger partial charge < -0.3 is 9.84 Å². The molecule has 0 saturated heterocycles. The molecule has 2 heterocycles. The second-order valence-corrected chi connectivity index (χ2v) is 8.07. The second kappa shape index (κ2) is 8.87. The van der Waals surface area contributed by atoms with Crippen LogP contribution in [0.2, 0.25) is 0 Å². The second-order valence-electron chi connectivity index (χ2n) is 6.42. The van der Waals surface area contributed by atoms with E-state index >= 15 is 0 Å². The molecule has 156 valence electrons. The smallest absolute Gasteiger partial charge is 0.303 e. The number of hydrogen-bond donors (Lipinski definition) is 2. The summed E-state index contributed by atoms with van der Waals surface area (Å²) in [5.74, 6) is -0.841. The van der Waals surface area contributed by atoms with Crippen LogP contribution in [0, 0.1) is 6.92 Å². The van der Waals surface area contributed by atoms with Crippen molar-refractivity contribution in [2.45, 2.75) is 24.7 Å². The Morgan fingerprint density at radius 3 is 2.57 bits per heavy atom. The van der Waals surface area contributed by atoms with Gasteiger partial charge in [0.25, 0.3) is 15.9 Å². The Labute approximate surface area is 173 Å². The fourth-order valence-electron chi connectivity index (χ4n) is 2.75. The van der Waals surface area contributed by atoms with E-state index in [2.05, 4.69) is 19.7 Å². The molecule has 2 N–H and O–H groups in total. The topological polar surface area (TPSA) is 131 Å². The maximum absolute atomic E-state index is 13.1. The van der Waals surface area contributed by atoms with Crippen molar-refractivity contribution >= 4 is 21.8 Å². The van der Waals surface area contributed by atoms with Crippen molar-refractivity contribution in [1.29, 1.82) is 0 Å². The van der Waals surface area contributed by atoms with E-state index in [0.29, 0.717) is 17.7 Å². The molecule has 0 fully saturated rings. The highest BCUT2D eigenvalue weighted by Gasteiger charge is 2.23. The maximum atomic E-state index is 13.1. The number of aryl methyl sites for hydroxylation is 2. The number of carboxylic acids is 1. The van der Waals surface area contributed by atoms with Gasteiger partial charge in [-0.3, -0.25) is 14.5 Å². The number of methoxy groups -OCH3 is 1. The largest absolute Gasteiger partial charge is 0.481 e. The maximum Gasteiger partial charge on any atom is 0.303 e. The van der Waals surface area contributed by atoms with E-state index < -0.39 is 16.0 Å². The summed E-state index contributed by atoms with van der Waals surface area (Å²) in [7, 11) is -2.66. The summed E-state index contributed by atoms with van der Waals surface area (Å²) in [6.45, 7) is 1.72. The van der Waals surface area contributed by atoms with Gasteiger partial charge in [0, 0.05) is 18.2 Å². The van der Waals surface area contributed by atoms with Crippen LogP contribution in [0.4, 0.5) is 5.82 Å². The lowest BCUT2D eigenvalue weighted by Gasteiger charge is -2.13. The van der Waals surface area contributed by atoms with E-state index in [4.69, 9.17) is 9.84 Å². The Morgan fingerprint density at radius 2 is 1.90 bits per heavy atom. The zero-order valence-corrected chi connectivity index (χ0v) is 17.2. The normalized spacial score (nSPS) is 11.1. The highest BCUT2D eigenvalue weighted by atomic mass is 32.2. The van der Waals surface area contributed by atoms with Crippen LogP contribution in [-0.4, -0.2) is 41.6 Å². The SMILES string of the molecule is COc1nc(C)cnc1NS(=O)(=O)c1cccnc1-c1ccc(CCC(=O)O)cc1. The van der Waals surface area contributed by atoms with Crippen LogP contribution in [0.1, 0.15) is 17.7 Å². The molecule has 0 spiro atoms.